The van der Waals surface area contributed by atoms with Crippen LogP contribution < -0.4 is 5.32 Å². The highest BCUT2D eigenvalue weighted by atomic mass is 35.5. The first-order valence-electron chi connectivity index (χ1n) is 4.79. The third-order valence-electron chi connectivity index (χ3n) is 1.98. The third kappa shape index (κ3) is 3.10. The standard InChI is InChI=1S/C9H7ClF3N5/c10-8-17-5(9(11,12)13)3-6(18-8)16-4-7-14-1-2-15-7/h1-3H,4H2,(H,14,15)(H,16,17,18). The summed E-state index contributed by atoms with van der Waals surface area (Å²) in [5.41, 5.74) is -1.09. The maximum atomic E-state index is 12.5. The molecule has 0 atom stereocenters. The van der Waals surface area contributed by atoms with E-state index >= 15 is 0 Å². The molecule has 0 amide bonds. The maximum absolute atomic E-state index is 12.5. The molecule has 0 aliphatic heterocycles. The Labute approximate surface area is 104 Å². The second-order valence-electron chi connectivity index (χ2n) is 3.29. The third-order valence-corrected chi connectivity index (χ3v) is 2.15. The fraction of sp³-hybridized carbons (Fsp3) is 0.222. The summed E-state index contributed by atoms with van der Waals surface area (Å²) in [6.45, 7) is 0.206. The lowest BCUT2D eigenvalue weighted by molar-refractivity contribution is -0.141. The van der Waals surface area contributed by atoms with Crippen molar-refractivity contribution < 1.29 is 13.2 Å². The summed E-state index contributed by atoms with van der Waals surface area (Å²) in [6.07, 6.45) is -1.43. The van der Waals surface area contributed by atoms with Gasteiger partial charge in [-0.25, -0.2) is 15.0 Å². The number of nitrogens with zero attached hydrogens (tertiary/aromatic N) is 3. The van der Waals surface area contributed by atoms with E-state index in [9.17, 15) is 13.2 Å². The summed E-state index contributed by atoms with van der Waals surface area (Å²) in [5, 5.41) is 2.21. The number of aromatic amines is 1. The second kappa shape index (κ2) is 4.81. The predicted octanol–water partition coefficient (Wildman–Crippen LogP) is 2.48. The molecule has 0 aliphatic rings. The van der Waals surface area contributed by atoms with Gasteiger partial charge in [0, 0.05) is 18.5 Å². The molecule has 0 radical (unpaired) electrons. The summed E-state index contributed by atoms with van der Waals surface area (Å²) >= 11 is 5.43. The zero-order valence-electron chi connectivity index (χ0n) is 8.79. The van der Waals surface area contributed by atoms with Gasteiger partial charge in [-0.2, -0.15) is 13.2 Å². The van der Waals surface area contributed by atoms with Gasteiger partial charge in [0.15, 0.2) is 5.69 Å². The van der Waals surface area contributed by atoms with E-state index in [1.807, 2.05) is 0 Å². The molecule has 0 bridgehead atoms. The highest BCUT2D eigenvalue weighted by Crippen LogP contribution is 2.29. The zero-order chi connectivity index (χ0) is 13.2. The molecule has 9 heteroatoms. The Hall–Kier alpha value is -1.83. The molecule has 0 spiro atoms. The van der Waals surface area contributed by atoms with E-state index in [2.05, 4.69) is 25.3 Å². The SMILES string of the molecule is FC(F)(F)c1cc(NCc2ncc[nH]2)nc(Cl)n1. The molecule has 0 saturated carbocycles. The number of alkyl halides is 3. The average molecular weight is 278 g/mol. The van der Waals surface area contributed by atoms with E-state index in [1.165, 1.54) is 6.20 Å². The molecule has 0 saturated heterocycles. The van der Waals surface area contributed by atoms with Gasteiger partial charge in [0.1, 0.15) is 11.6 Å². The van der Waals surface area contributed by atoms with Crippen LogP contribution in [0.2, 0.25) is 5.28 Å². The van der Waals surface area contributed by atoms with Crippen LogP contribution in [0.3, 0.4) is 0 Å². The quantitative estimate of drug-likeness (QED) is 0.846. The molecule has 2 aromatic rings. The number of imidazole rings is 1. The summed E-state index contributed by atoms with van der Waals surface area (Å²) in [7, 11) is 0. The number of aromatic nitrogens is 4. The first kappa shape index (κ1) is 12.6. The Bertz CT molecular complexity index is 525. The Kier molecular flexibility index (Phi) is 3.37. The van der Waals surface area contributed by atoms with Crippen molar-refractivity contribution in [3.8, 4) is 0 Å². The lowest BCUT2D eigenvalue weighted by Crippen LogP contribution is -2.11. The van der Waals surface area contributed by atoms with Crippen molar-refractivity contribution in [3.63, 3.8) is 0 Å². The average Bonchev–Trinajstić information content (AvgIpc) is 2.77. The van der Waals surface area contributed by atoms with Crippen LogP contribution in [0.15, 0.2) is 18.5 Å². The van der Waals surface area contributed by atoms with Gasteiger partial charge in [-0.05, 0) is 11.6 Å². The minimum Gasteiger partial charge on any atom is -0.363 e. The van der Waals surface area contributed by atoms with Gasteiger partial charge in [0.05, 0.1) is 6.54 Å². The molecule has 2 heterocycles. The Balaban J connectivity index is 2.15. The second-order valence-corrected chi connectivity index (χ2v) is 3.63. The molecular weight excluding hydrogens is 271 g/mol. The lowest BCUT2D eigenvalue weighted by Gasteiger charge is -2.09. The van der Waals surface area contributed by atoms with E-state index < -0.39 is 17.2 Å². The lowest BCUT2D eigenvalue weighted by atomic mass is 10.4. The minimum atomic E-state index is -4.56. The van der Waals surface area contributed by atoms with Crippen LogP contribution in [0.5, 0.6) is 0 Å². The molecule has 96 valence electrons. The highest BCUT2D eigenvalue weighted by Gasteiger charge is 2.33. The minimum absolute atomic E-state index is 0.0151. The normalized spacial score (nSPS) is 11.6. The van der Waals surface area contributed by atoms with E-state index in [0.717, 1.165) is 6.07 Å². The van der Waals surface area contributed by atoms with Crippen molar-refractivity contribution in [1.29, 1.82) is 0 Å². The molecule has 0 unspecified atom stereocenters. The largest absolute Gasteiger partial charge is 0.433 e. The van der Waals surface area contributed by atoms with Crippen LogP contribution in [-0.4, -0.2) is 19.9 Å². The molecule has 0 aromatic carbocycles. The van der Waals surface area contributed by atoms with Gasteiger partial charge in [0.25, 0.3) is 0 Å². The number of nitrogens with one attached hydrogen (secondary N) is 2. The zero-order valence-corrected chi connectivity index (χ0v) is 9.55. The van der Waals surface area contributed by atoms with Crippen molar-refractivity contribution in [2.45, 2.75) is 12.7 Å². The summed E-state index contributed by atoms with van der Waals surface area (Å²) in [5.74, 6) is 0.553. The van der Waals surface area contributed by atoms with Crippen LogP contribution in [0.25, 0.3) is 0 Å². The van der Waals surface area contributed by atoms with Gasteiger partial charge in [-0.15, -0.1) is 0 Å². The molecule has 5 nitrogen and oxygen atoms in total. The van der Waals surface area contributed by atoms with E-state index in [0.29, 0.717) is 5.82 Å². The summed E-state index contributed by atoms with van der Waals surface area (Å²) in [6, 6.07) is 0.787. The number of halogens is 4. The summed E-state index contributed by atoms with van der Waals surface area (Å²) in [4.78, 5) is 13.5. The fourth-order valence-electron chi connectivity index (χ4n) is 1.22. The van der Waals surface area contributed by atoms with Gasteiger partial charge in [-0.3, -0.25) is 0 Å². The number of hydrogen-bond acceptors (Lipinski definition) is 4. The van der Waals surface area contributed by atoms with Gasteiger partial charge in [0.2, 0.25) is 5.28 Å². The first-order valence-corrected chi connectivity index (χ1v) is 5.17. The van der Waals surface area contributed by atoms with Crippen molar-refractivity contribution in [2.75, 3.05) is 5.32 Å². The molecule has 2 aromatic heterocycles. The van der Waals surface area contributed by atoms with Crippen molar-refractivity contribution in [2.24, 2.45) is 0 Å². The van der Waals surface area contributed by atoms with Crippen molar-refractivity contribution in [3.05, 3.63) is 35.3 Å². The topological polar surface area (TPSA) is 66.5 Å². The van der Waals surface area contributed by atoms with Crippen molar-refractivity contribution >= 4 is 17.4 Å². The smallest absolute Gasteiger partial charge is 0.363 e. The fourth-order valence-corrected chi connectivity index (χ4v) is 1.40. The number of anilines is 1. The van der Waals surface area contributed by atoms with E-state index in [1.54, 1.807) is 6.20 Å². The number of hydrogen-bond donors (Lipinski definition) is 2. The van der Waals surface area contributed by atoms with Gasteiger partial charge >= 0.3 is 6.18 Å². The molecule has 2 N–H and O–H groups in total. The van der Waals surface area contributed by atoms with Crippen LogP contribution in [0.1, 0.15) is 11.5 Å². The predicted molar refractivity (Wildman–Crippen MR) is 58.0 cm³/mol. The van der Waals surface area contributed by atoms with Crippen LogP contribution in [0.4, 0.5) is 19.0 Å². The highest BCUT2D eigenvalue weighted by molar-refractivity contribution is 6.28. The molecule has 18 heavy (non-hydrogen) atoms. The number of H-pyrrole nitrogens is 1. The summed E-state index contributed by atoms with van der Waals surface area (Å²) < 4.78 is 37.4. The van der Waals surface area contributed by atoms with Crippen molar-refractivity contribution in [1.82, 2.24) is 19.9 Å². The van der Waals surface area contributed by atoms with Gasteiger partial charge < -0.3 is 10.3 Å². The van der Waals surface area contributed by atoms with E-state index in [-0.39, 0.29) is 12.4 Å². The van der Waals surface area contributed by atoms with Crippen LogP contribution in [0, 0.1) is 0 Å². The first-order chi connectivity index (χ1) is 8.45. The maximum Gasteiger partial charge on any atom is 0.433 e. The Morgan fingerprint density at radius 1 is 1.33 bits per heavy atom. The molecule has 0 aliphatic carbocycles. The van der Waals surface area contributed by atoms with Crippen LogP contribution >= 0.6 is 11.6 Å². The molecule has 0 fully saturated rings. The van der Waals surface area contributed by atoms with Gasteiger partial charge in [-0.1, -0.05) is 0 Å². The van der Waals surface area contributed by atoms with Crippen LogP contribution in [-0.2, 0) is 12.7 Å². The molecular formula is C9H7ClF3N5. The Morgan fingerprint density at radius 2 is 2.11 bits per heavy atom. The monoisotopic (exact) mass is 277 g/mol. The molecule has 2 rings (SSSR count). The Morgan fingerprint density at radius 3 is 2.72 bits per heavy atom. The van der Waals surface area contributed by atoms with E-state index in [4.69, 9.17) is 11.6 Å². The number of rotatable bonds is 3.